The van der Waals surface area contributed by atoms with Gasteiger partial charge in [0.15, 0.2) is 5.69 Å². The Hall–Kier alpha value is -3.21. The van der Waals surface area contributed by atoms with E-state index in [9.17, 15) is 19.8 Å². The third-order valence-corrected chi connectivity index (χ3v) is 3.37. The molecule has 0 aliphatic carbocycles. The van der Waals surface area contributed by atoms with E-state index in [0.29, 0.717) is 16.5 Å². The summed E-state index contributed by atoms with van der Waals surface area (Å²) in [6.07, 6.45) is 0. The van der Waals surface area contributed by atoms with Crippen LogP contribution < -0.4 is 0 Å². The first-order valence-electron chi connectivity index (χ1n) is 6.54. The summed E-state index contributed by atoms with van der Waals surface area (Å²) in [6, 6.07) is 15.2. The molecule has 0 saturated carbocycles. The molecule has 1 heterocycles. The predicted octanol–water partition coefficient (Wildman–Crippen LogP) is 3.30. The molecule has 2 aromatic carbocycles. The van der Waals surface area contributed by atoms with Gasteiger partial charge in [-0.1, -0.05) is 48.5 Å². The topological polar surface area (TPSA) is 87.5 Å². The van der Waals surface area contributed by atoms with E-state index in [0.717, 1.165) is 0 Å². The summed E-state index contributed by atoms with van der Waals surface area (Å²) < 4.78 is 0. The number of hydrogen-bond donors (Lipinski definition) is 2. The van der Waals surface area contributed by atoms with Gasteiger partial charge in [0, 0.05) is 10.9 Å². The van der Waals surface area contributed by atoms with Crippen LogP contribution >= 0.6 is 0 Å². The van der Waals surface area contributed by atoms with Gasteiger partial charge in [0.05, 0.1) is 11.1 Å². The molecule has 0 atom stereocenters. The number of aromatic carboxylic acids is 2. The molecule has 1 aromatic heterocycles. The second kappa shape index (κ2) is 5.29. The number of fused-ring (bicyclic) bond motifs is 1. The van der Waals surface area contributed by atoms with Crippen LogP contribution in [0.4, 0.5) is 0 Å². The molecule has 5 nitrogen and oxygen atoms in total. The van der Waals surface area contributed by atoms with Gasteiger partial charge in [-0.25, -0.2) is 14.6 Å². The minimum absolute atomic E-state index is 0.0470. The molecule has 0 fully saturated rings. The molecule has 0 bridgehead atoms. The number of rotatable bonds is 3. The van der Waals surface area contributed by atoms with Crippen molar-refractivity contribution in [2.45, 2.75) is 0 Å². The van der Waals surface area contributed by atoms with Crippen LogP contribution in [-0.2, 0) is 0 Å². The van der Waals surface area contributed by atoms with Crippen LogP contribution in [0, 0.1) is 0 Å². The maximum Gasteiger partial charge on any atom is 0.355 e. The Morgan fingerprint density at radius 3 is 2.09 bits per heavy atom. The Labute approximate surface area is 125 Å². The van der Waals surface area contributed by atoms with Crippen molar-refractivity contribution in [3.05, 3.63) is 65.9 Å². The van der Waals surface area contributed by atoms with Crippen molar-refractivity contribution in [1.82, 2.24) is 4.98 Å². The van der Waals surface area contributed by atoms with Crippen molar-refractivity contribution in [3.8, 4) is 11.1 Å². The molecule has 2 N–H and O–H groups in total. The summed E-state index contributed by atoms with van der Waals surface area (Å²) in [6.45, 7) is 0. The number of aromatic nitrogens is 1. The van der Waals surface area contributed by atoms with Crippen molar-refractivity contribution < 1.29 is 19.8 Å². The minimum atomic E-state index is -1.26. The van der Waals surface area contributed by atoms with Crippen molar-refractivity contribution in [1.29, 1.82) is 0 Å². The highest BCUT2D eigenvalue weighted by Crippen LogP contribution is 2.32. The van der Waals surface area contributed by atoms with Gasteiger partial charge in [-0.05, 0) is 11.6 Å². The molecule has 3 rings (SSSR count). The number of pyridine rings is 1. The first-order valence-corrected chi connectivity index (χ1v) is 6.54. The summed E-state index contributed by atoms with van der Waals surface area (Å²) >= 11 is 0. The quantitative estimate of drug-likeness (QED) is 0.773. The molecule has 0 aliphatic rings. The lowest BCUT2D eigenvalue weighted by molar-refractivity contribution is 0.0691. The van der Waals surface area contributed by atoms with E-state index in [1.165, 1.54) is 0 Å². The lowest BCUT2D eigenvalue weighted by Crippen LogP contribution is -2.10. The van der Waals surface area contributed by atoms with E-state index in [4.69, 9.17) is 0 Å². The predicted molar refractivity (Wildman–Crippen MR) is 81.1 cm³/mol. The summed E-state index contributed by atoms with van der Waals surface area (Å²) in [5.74, 6) is -2.44. The van der Waals surface area contributed by atoms with Gasteiger partial charge in [0.2, 0.25) is 0 Å². The van der Waals surface area contributed by atoms with Gasteiger partial charge in [-0.2, -0.15) is 0 Å². The third-order valence-electron chi connectivity index (χ3n) is 3.37. The van der Waals surface area contributed by atoms with Crippen LogP contribution in [0.2, 0.25) is 0 Å². The Kier molecular flexibility index (Phi) is 3.31. The van der Waals surface area contributed by atoms with Crippen LogP contribution in [0.1, 0.15) is 20.8 Å². The monoisotopic (exact) mass is 293 g/mol. The Morgan fingerprint density at radius 2 is 1.45 bits per heavy atom. The number of hydrogen-bond acceptors (Lipinski definition) is 3. The summed E-state index contributed by atoms with van der Waals surface area (Å²) in [5, 5.41) is 19.5. The van der Waals surface area contributed by atoms with Gasteiger partial charge >= 0.3 is 11.9 Å². The van der Waals surface area contributed by atoms with Gasteiger partial charge in [0.25, 0.3) is 0 Å². The zero-order valence-corrected chi connectivity index (χ0v) is 11.4. The maximum atomic E-state index is 11.8. The number of carboxylic acids is 2. The maximum absolute atomic E-state index is 11.8. The van der Waals surface area contributed by atoms with Crippen LogP contribution in [0.25, 0.3) is 22.0 Å². The highest BCUT2D eigenvalue weighted by Gasteiger charge is 2.24. The summed E-state index contributed by atoms with van der Waals surface area (Å²) in [5.41, 5.74) is 0.670. The Balaban J connectivity index is 2.51. The standard InChI is InChI=1S/C17H11NO4/c19-16(20)14-11-8-4-5-9-12(11)18-15(17(21)22)13(14)10-6-2-1-3-7-10/h1-9H,(H,19,20)(H,21,22). The molecule has 108 valence electrons. The van der Waals surface area contributed by atoms with Crippen molar-refractivity contribution in [2.75, 3.05) is 0 Å². The van der Waals surface area contributed by atoms with Gasteiger partial charge in [-0.3, -0.25) is 0 Å². The lowest BCUT2D eigenvalue weighted by atomic mass is 9.94. The van der Waals surface area contributed by atoms with Gasteiger partial charge in [0.1, 0.15) is 0 Å². The zero-order valence-electron chi connectivity index (χ0n) is 11.4. The SMILES string of the molecule is O=C(O)c1nc2ccccc2c(C(=O)O)c1-c1ccccc1. The van der Waals surface area contributed by atoms with Crippen LogP contribution in [-0.4, -0.2) is 27.1 Å². The van der Waals surface area contributed by atoms with Crippen LogP contribution in [0.3, 0.4) is 0 Å². The highest BCUT2D eigenvalue weighted by molar-refractivity contribution is 6.12. The average molecular weight is 293 g/mol. The molecule has 0 radical (unpaired) electrons. The number of nitrogens with zero attached hydrogens (tertiary/aromatic N) is 1. The van der Waals surface area contributed by atoms with Gasteiger partial charge in [-0.15, -0.1) is 0 Å². The Bertz CT molecular complexity index is 888. The van der Waals surface area contributed by atoms with E-state index < -0.39 is 11.9 Å². The van der Waals surface area contributed by atoms with Crippen molar-refractivity contribution in [2.24, 2.45) is 0 Å². The molecule has 0 unspecified atom stereocenters. The normalized spacial score (nSPS) is 10.5. The fraction of sp³-hybridized carbons (Fsp3) is 0. The molecular weight excluding hydrogens is 282 g/mol. The lowest BCUT2D eigenvalue weighted by Gasteiger charge is -2.12. The molecule has 5 heteroatoms. The summed E-state index contributed by atoms with van der Waals surface area (Å²) in [4.78, 5) is 27.5. The second-order valence-electron chi connectivity index (χ2n) is 4.70. The van der Waals surface area contributed by atoms with E-state index in [-0.39, 0.29) is 16.8 Å². The molecule has 0 aliphatic heterocycles. The highest BCUT2D eigenvalue weighted by atomic mass is 16.4. The summed E-state index contributed by atoms with van der Waals surface area (Å²) in [7, 11) is 0. The molecule has 0 spiro atoms. The molecule has 22 heavy (non-hydrogen) atoms. The zero-order chi connectivity index (χ0) is 15.7. The fourth-order valence-electron chi connectivity index (χ4n) is 2.47. The third kappa shape index (κ3) is 2.18. The first-order chi connectivity index (χ1) is 10.6. The molecule has 0 saturated heterocycles. The van der Waals surface area contributed by atoms with Crippen LogP contribution in [0.5, 0.6) is 0 Å². The fourth-order valence-corrected chi connectivity index (χ4v) is 2.47. The van der Waals surface area contributed by atoms with E-state index in [1.807, 2.05) is 0 Å². The van der Waals surface area contributed by atoms with Crippen molar-refractivity contribution in [3.63, 3.8) is 0 Å². The van der Waals surface area contributed by atoms with E-state index in [2.05, 4.69) is 4.98 Å². The average Bonchev–Trinajstić information content (AvgIpc) is 2.53. The number of para-hydroxylation sites is 1. The van der Waals surface area contributed by atoms with Gasteiger partial charge < -0.3 is 10.2 Å². The largest absolute Gasteiger partial charge is 0.478 e. The minimum Gasteiger partial charge on any atom is -0.478 e. The molecule has 3 aromatic rings. The van der Waals surface area contributed by atoms with Crippen LogP contribution in [0.15, 0.2) is 54.6 Å². The van der Waals surface area contributed by atoms with E-state index >= 15 is 0 Å². The smallest absolute Gasteiger partial charge is 0.355 e. The molecule has 0 amide bonds. The van der Waals surface area contributed by atoms with Crippen molar-refractivity contribution >= 4 is 22.8 Å². The van der Waals surface area contributed by atoms with E-state index in [1.54, 1.807) is 54.6 Å². The number of carboxylic acid groups (broad SMARTS) is 2. The Morgan fingerprint density at radius 1 is 0.818 bits per heavy atom. The first kappa shape index (κ1) is 13.8. The number of benzene rings is 2. The number of carbonyl (C=O) groups is 2. The molecular formula is C17H11NO4. The second-order valence-corrected chi connectivity index (χ2v) is 4.70.